The summed E-state index contributed by atoms with van der Waals surface area (Å²) in [6.45, 7) is 14.5. The lowest BCUT2D eigenvalue weighted by Crippen LogP contribution is -2.36. The summed E-state index contributed by atoms with van der Waals surface area (Å²) in [5.74, 6) is 2.31. The van der Waals surface area contributed by atoms with E-state index in [4.69, 9.17) is 5.73 Å². The van der Waals surface area contributed by atoms with Crippen molar-refractivity contribution < 1.29 is 0 Å². The molecule has 2 heteroatoms. The fraction of sp³-hybridized carbons (Fsp3) is 1.00. The Balaban J connectivity index is 3.72. The molecule has 0 heterocycles. The van der Waals surface area contributed by atoms with Crippen molar-refractivity contribution in [3.63, 3.8) is 0 Å². The van der Waals surface area contributed by atoms with Gasteiger partial charge in [0.15, 0.2) is 0 Å². The standard InChI is InChI=1S/C13H30N2/c1-11(2)7-6-8-15(10-14)9-13(5)12(3)4/h11-13H,6-10,14H2,1-5H3. The quantitative estimate of drug-likeness (QED) is 0.630. The van der Waals surface area contributed by atoms with Gasteiger partial charge >= 0.3 is 0 Å². The third-order valence-corrected chi connectivity index (χ3v) is 3.20. The van der Waals surface area contributed by atoms with E-state index in [2.05, 4.69) is 39.5 Å². The molecule has 0 rings (SSSR count). The van der Waals surface area contributed by atoms with Gasteiger partial charge in [0.25, 0.3) is 0 Å². The Hall–Kier alpha value is -0.0800. The van der Waals surface area contributed by atoms with E-state index in [0.717, 1.165) is 30.8 Å². The van der Waals surface area contributed by atoms with E-state index in [9.17, 15) is 0 Å². The van der Waals surface area contributed by atoms with E-state index < -0.39 is 0 Å². The summed E-state index contributed by atoms with van der Waals surface area (Å²) in [5.41, 5.74) is 5.76. The number of nitrogens with two attached hydrogens (primary N) is 1. The van der Waals surface area contributed by atoms with Gasteiger partial charge in [0, 0.05) is 13.2 Å². The lowest BCUT2D eigenvalue weighted by Gasteiger charge is -2.26. The van der Waals surface area contributed by atoms with Crippen LogP contribution in [0.15, 0.2) is 0 Å². The Morgan fingerprint density at radius 2 is 1.67 bits per heavy atom. The normalized spacial score (nSPS) is 14.2. The molecule has 0 spiro atoms. The molecule has 0 aromatic carbocycles. The molecule has 1 atom stereocenters. The first-order chi connectivity index (χ1) is 6.97. The van der Waals surface area contributed by atoms with Crippen LogP contribution in [-0.4, -0.2) is 24.7 Å². The van der Waals surface area contributed by atoms with E-state index in [-0.39, 0.29) is 0 Å². The van der Waals surface area contributed by atoms with Crippen molar-refractivity contribution in [2.24, 2.45) is 23.5 Å². The molecule has 0 saturated carbocycles. The average Bonchev–Trinajstić information content (AvgIpc) is 2.15. The van der Waals surface area contributed by atoms with Crippen LogP contribution in [0.3, 0.4) is 0 Å². The fourth-order valence-electron chi connectivity index (χ4n) is 1.60. The molecule has 0 fully saturated rings. The van der Waals surface area contributed by atoms with Crippen LogP contribution in [0.1, 0.15) is 47.5 Å². The van der Waals surface area contributed by atoms with Gasteiger partial charge in [-0.15, -0.1) is 0 Å². The second-order valence-electron chi connectivity index (χ2n) is 5.52. The summed E-state index contributed by atoms with van der Waals surface area (Å²) >= 11 is 0. The van der Waals surface area contributed by atoms with Crippen molar-refractivity contribution in [2.45, 2.75) is 47.5 Å². The molecule has 0 aromatic rings. The Kier molecular flexibility index (Phi) is 8.07. The van der Waals surface area contributed by atoms with Crippen LogP contribution in [0.4, 0.5) is 0 Å². The maximum Gasteiger partial charge on any atom is 0.0455 e. The molecule has 0 aromatic heterocycles. The second-order valence-corrected chi connectivity index (χ2v) is 5.52. The maximum atomic E-state index is 5.76. The molecule has 0 aliphatic rings. The van der Waals surface area contributed by atoms with Crippen molar-refractivity contribution in [1.29, 1.82) is 0 Å². The first kappa shape index (κ1) is 14.9. The van der Waals surface area contributed by atoms with E-state index in [0.29, 0.717) is 6.67 Å². The Morgan fingerprint density at radius 1 is 1.07 bits per heavy atom. The molecular weight excluding hydrogens is 184 g/mol. The highest BCUT2D eigenvalue weighted by Crippen LogP contribution is 2.12. The molecule has 0 aliphatic carbocycles. The van der Waals surface area contributed by atoms with Gasteiger partial charge in [-0.25, -0.2) is 0 Å². The number of rotatable bonds is 8. The van der Waals surface area contributed by atoms with Crippen molar-refractivity contribution >= 4 is 0 Å². The first-order valence-corrected chi connectivity index (χ1v) is 6.39. The van der Waals surface area contributed by atoms with Crippen LogP contribution in [-0.2, 0) is 0 Å². The molecule has 0 radical (unpaired) electrons. The third kappa shape index (κ3) is 7.80. The minimum atomic E-state index is 0.704. The smallest absolute Gasteiger partial charge is 0.0455 e. The van der Waals surface area contributed by atoms with E-state index in [1.165, 1.54) is 12.8 Å². The van der Waals surface area contributed by atoms with Crippen LogP contribution in [0, 0.1) is 17.8 Å². The van der Waals surface area contributed by atoms with Gasteiger partial charge in [-0.1, -0.05) is 34.6 Å². The summed E-state index contributed by atoms with van der Waals surface area (Å²) in [5, 5.41) is 0. The summed E-state index contributed by atoms with van der Waals surface area (Å²) < 4.78 is 0. The Bertz CT molecular complexity index is 143. The number of hydrogen-bond donors (Lipinski definition) is 1. The fourth-order valence-corrected chi connectivity index (χ4v) is 1.60. The largest absolute Gasteiger partial charge is 0.318 e. The molecule has 1 unspecified atom stereocenters. The molecule has 2 N–H and O–H groups in total. The average molecular weight is 214 g/mol. The molecule has 0 aliphatic heterocycles. The van der Waals surface area contributed by atoms with Crippen LogP contribution in [0.5, 0.6) is 0 Å². The van der Waals surface area contributed by atoms with Gasteiger partial charge in [-0.2, -0.15) is 0 Å². The van der Waals surface area contributed by atoms with Gasteiger partial charge in [-0.3, -0.25) is 4.90 Å². The maximum absolute atomic E-state index is 5.76. The van der Waals surface area contributed by atoms with Crippen LogP contribution in [0.25, 0.3) is 0 Å². The SMILES string of the molecule is CC(C)CCCN(CN)CC(C)C(C)C. The van der Waals surface area contributed by atoms with E-state index >= 15 is 0 Å². The minimum Gasteiger partial charge on any atom is -0.318 e. The molecular formula is C13H30N2. The van der Waals surface area contributed by atoms with Gasteiger partial charge in [-0.05, 0) is 37.1 Å². The predicted octanol–water partition coefficient (Wildman–Crippen LogP) is 2.93. The van der Waals surface area contributed by atoms with Crippen LogP contribution >= 0.6 is 0 Å². The lowest BCUT2D eigenvalue weighted by molar-refractivity contribution is 0.210. The lowest BCUT2D eigenvalue weighted by atomic mass is 9.97. The summed E-state index contributed by atoms with van der Waals surface area (Å²) in [6.07, 6.45) is 2.59. The van der Waals surface area contributed by atoms with Crippen molar-refractivity contribution in [1.82, 2.24) is 4.90 Å². The van der Waals surface area contributed by atoms with Gasteiger partial charge in [0.2, 0.25) is 0 Å². The first-order valence-electron chi connectivity index (χ1n) is 6.39. The zero-order valence-corrected chi connectivity index (χ0v) is 11.3. The minimum absolute atomic E-state index is 0.704. The second kappa shape index (κ2) is 8.12. The van der Waals surface area contributed by atoms with Gasteiger partial charge < -0.3 is 5.73 Å². The molecule has 15 heavy (non-hydrogen) atoms. The third-order valence-electron chi connectivity index (χ3n) is 3.20. The monoisotopic (exact) mass is 214 g/mol. The van der Waals surface area contributed by atoms with E-state index in [1.807, 2.05) is 0 Å². The molecule has 0 amide bonds. The number of nitrogens with zero attached hydrogens (tertiary/aromatic N) is 1. The zero-order valence-electron chi connectivity index (χ0n) is 11.3. The molecule has 92 valence electrons. The van der Waals surface area contributed by atoms with E-state index in [1.54, 1.807) is 0 Å². The molecule has 0 saturated heterocycles. The predicted molar refractivity (Wildman–Crippen MR) is 68.7 cm³/mol. The van der Waals surface area contributed by atoms with Crippen LogP contribution in [0.2, 0.25) is 0 Å². The summed E-state index contributed by atoms with van der Waals surface area (Å²) in [6, 6.07) is 0. The van der Waals surface area contributed by atoms with Crippen molar-refractivity contribution in [2.75, 3.05) is 19.8 Å². The zero-order chi connectivity index (χ0) is 11.8. The highest BCUT2D eigenvalue weighted by Gasteiger charge is 2.11. The summed E-state index contributed by atoms with van der Waals surface area (Å²) in [4.78, 5) is 2.38. The molecule has 2 nitrogen and oxygen atoms in total. The Morgan fingerprint density at radius 3 is 2.07 bits per heavy atom. The highest BCUT2D eigenvalue weighted by molar-refractivity contribution is 4.64. The van der Waals surface area contributed by atoms with Gasteiger partial charge in [0.1, 0.15) is 0 Å². The highest BCUT2D eigenvalue weighted by atomic mass is 15.2. The molecule has 0 bridgehead atoms. The van der Waals surface area contributed by atoms with Crippen molar-refractivity contribution in [3.8, 4) is 0 Å². The summed E-state index contributed by atoms with van der Waals surface area (Å²) in [7, 11) is 0. The topological polar surface area (TPSA) is 29.3 Å². The number of hydrogen-bond acceptors (Lipinski definition) is 2. The van der Waals surface area contributed by atoms with Crippen LogP contribution < -0.4 is 5.73 Å². The van der Waals surface area contributed by atoms with Gasteiger partial charge in [0.05, 0.1) is 0 Å². The van der Waals surface area contributed by atoms with Crippen molar-refractivity contribution in [3.05, 3.63) is 0 Å². The Labute approximate surface area is 96.2 Å².